The van der Waals surface area contributed by atoms with Crippen molar-refractivity contribution in [3.63, 3.8) is 0 Å². The van der Waals surface area contributed by atoms with E-state index in [0.29, 0.717) is 5.56 Å². The molecule has 0 saturated heterocycles. The van der Waals surface area contributed by atoms with E-state index in [0.717, 1.165) is 12.2 Å². The summed E-state index contributed by atoms with van der Waals surface area (Å²) in [6, 6.07) is 4.90. The summed E-state index contributed by atoms with van der Waals surface area (Å²) < 4.78 is 33.8. The molecule has 2 N–H and O–H groups in total. The maximum absolute atomic E-state index is 10.5. The van der Waals surface area contributed by atoms with E-state index >= 15 is 0 Å². The number of anilines is 1. The second kappa shape index (κ2) is 4.50. The van der Waals surface area contributed by atoms with Crippen LogP contribution in [-0.2, 0) is 10.4 Å². The van der Waals surface area contributed by atoms with Crippen molar-refractivity contribution in [2.45, 2.75) is 13.8 Å². The quantitative estimate of drug-likeness (QED) is 0.770. The molecule has 0 saturated carbocycles. The van der Waals surface area contributed by atoms with Crippen LogP contribution in [0.25, 0.3) is 0 Å². The lowest BCUT2D eigenvalue weighted by molar-refractivity contribution is 0.386. The van der Waals surface area contributed by atoms with Crippen molar-refractivity contribution in [1.82, 2.24) is 0 Å². The van der Waals surface area contributed by atoms with E-state index in [4.69, 9.17) is 4.55 Å². The zero-order chi connectivity index (χ0) is 11.5. The van der Waals surface area contributed by atoms with Crippen LogP contribution in [0.4, 0.5) is 5.69 Å². The van der Waals surface area contributed by atoms with Gasteiger partial charge in [-0.1, -0.05) is 0 Å². The van der Waals surface area contributed by atoms with Gasteiger partial charge in [-0.2, -0.15) is 8.42 Å². The van der Waals surface area contributed by atoms with E-state index in [1.54, 1.807) is 19.1 Å². The molecule has 0 unspecified atom stereocenters. The molecule has 0 aliphatic rings. The fourth-order valence-corrected chi connectivity index (χ4v) is 1.58. The van der Waals surface area contributed by atoms with Gasteiger partial charge in [-0.25, -0.2) is 0 Å². The molecular weight excluding hydrogens is 218 g/mol. The maximum atomic E-state index is 10.5. The number of rotatable bonds is 4. The van der Waals surface area contributed by atoms with Gasteiger partial charge in [0.1, 0.15) is 5.75 Å². The van der Waals surface area contributed by atoms with Crippen molar-refractivity contribution >= 4 is 16.1 Å². The molecule has 1 rings (SSSR count). The van der Waals surface area contributed by atoms with Gasteiger partial charge >= 0.3 is 10.4 Å². The molecule has 1 aromatic rings. The molecule has 0 heterocycles. The Balaban J connectivity index is 2.93. The number of aryl methyl sites for hydroxylation is 1. The first-order chi connectivity index (χ1) is 6.92. The van der Waals surface area contributed by atoms with E-state index in [2.05, 4.69) is 9.50 Å². The first-order valence-electron chi connectivity index (χ1n) is 4.44. The van der Waals surface area contributed by atoms with E-state index in [-0.39, 0.29) is 5.75 Å². The molecule has 0 aliphatic carbocycles. The lowest BCUT2D eigenvalue weighted by Crippen LogP contribution is -2.07. The van der Waals surface area contributed by atoms with Crippen molar-refractivity contribution in [1.29, 1.82) is 0 Å². The first kappa shape index (κ1) is 11.8. The third kappa shape index (κ3) is 3.77. The predicted octanol–water partition coefficient (Wildman–Crippen LogP) is 1.61. The van der Waals surface area contributed by atoms with Crippen LogP contribution in [0.3, 0.4) is 0 Å². The van der Waals surface area contributed by atoms with Crippen molar-refractivity contribution in [2.24, 2.45) is 0 Å². The minimum Gasteiger partial charge on any atom is -0.385 e. The van der Waals surface area contributed by atoms with E-state index < -0.39 is 10.4 Å². The average Bonchev–Trinajstić information content (AvgIpc) is 2.08. The van der Waals surface area contributed by atoms with Crippen LogP contribution in [0.15, 0.2) is 18.2 Å². The minimum atomic E-state index is -4.45. The molecule has 1 aromatic carbocycles. The molecule has 0 aromatic heterocycles. The molecule has 5 nitrogen and oxygen atoms in total. The highest BCUT2D eigenvalue weighted by atomic mass is 32.3. The third-order valence-electron chi connectivity index (χ3n) is 1.75. The fraction of sp³-hybridized carbons (Fsp3) is 0.333. The Labute approximate surface area is 89.0 Å². The van der Waals surface area contributed by atoms with Gasteiger partial charge in [0.05, 0.1) is 0 Å². The number of nitrogens with one attached hydrogen (secondary N) is 1. The zero-order valence-corrected chi connectivity index (χ0v) is 9.34. The topological polar surface area (TPSA) is 75.6 Å². The van der Waals surface area contributed by atoms with Crippen molar-refractivity contribution in [3.8, 4) is 5.75 Å². The van der Waals surface area contributed by atoms with E-state index in [1.165, 1.54) is 6.07 Å². The Kier molecular flexibility index (Phi) is 3.54. The summed E-state index contributed by atoms with van der Waals surface area (Å²) in [5.74, 6) is 0.124. The van der Waals surface area contributed by atoms with Crippen LogP contribution in [0, 0.1) is 6.92 Å². The molecule has 0 radical (unpaired) electrons. The van der Waals surface area contributed by atoms with Gasteiger partial charge in [0.25, 0.3) is 0 Å². The lowest BCUT2D eigenvalue weighted by atomic mass is 10.2. The van der Waals surface area contributed by atoms with Gasteiger partial charge in [0.15, 0.2) is 0 Å². The summed E-state index contributed by atoms with van der Waals surface area (Å²) in [4.78, 5) is 0. The molecule has 84 valence electrons. The molecular formula is C9H13NO4S. The predicted molar refractivity (Wildman–Crippen MR) is 57.5 cm³/mol. The van der Waals surface area contributed by atoms with Crippen molar-refractivity contribution < 1.29 is 17.2 Å². The summed E-state index contributed by atoms with van der Waals surface area (Å²) in [6.45, 7) is 4.43. The minimum absolute atomic E-state index is 0.124. The molecule has 0 aliphatic heterocycles. The van der Waals surface area contributed by atoms with Gasteiger partial charge in [0.2, 0.25) is 0 Å². The van der Waals surface area contributed by atoms with Crippen LogP contribution in [-0.4, -0.2) is 19.5 Å². The highest BCUT2D eigenvalue weighted by Crippen LogP contribution is 2.22. The Hall–Kier alpha value is -1.27. The summed E-state index contributed by atoms with van der Waals surface area (Å²) in [6.07, 6.45) is 0. The summed E-state index contributed by atoms with van der Waals surface area (Å²) in [7, 11) is -4.45. The monoisotopic (exact) mass is 231 g/mol. The average molecular weight is 231 g/mol. The number of hydrogen-bond acceptors (Lipinski definition) is 4. The molecule has 0 amide bonds. The largest absolute Gasteiger partial charge is 0.446 e. The Morgan fingerprint density at radius 3 is 2.60 bits per heavy atom. The van der Waals surface area contributed by atoms with Crippen LogP contribution < -0.4 is 9.50 Å². The fourth-order valence-electron chi connectivity index (χ4n) is 1.17. The molecule has 15 heavy (non-hydrogen) atoms. The molecule has 0 fully saturated rings. The first-order valence-corrected chi connectivity index (χ1v) is 5.80. The van der Waals surface area contributed by atoms with Gasteiger partial charge < -0.3 is 9.50 Å². The summed E-state index contributed by atoms with van der Waals surface area (Å²) in [5.41, 5.74) is 1.50. The third-order valence-corrected chi connectivity index (χ3v) is 2.14. The van der Waals surface area contributed by atoms with E-state index in [1.807, 2.05) is 6.92 Å². The van der Waals surface area contributed by atoms with Gasteiger partial charge in [0, 0.05) is 12.2 Å². The number of hydrogen-bond donors (Lipinski definition) is 2. The smallest absolute Gasteiger partial charge is 0.385 e. The number of benzene rings is 1. The highest BCUT2D eigenvalue weighted by Gasteiger charge is 2.09. The zero-order valence-electron chi connectivity index (χ0n) is 8.52. The Morgan fingerprint density at radius 2 is 2.13 bits per heavy atom. The second-order valence-corrected chi connectivity index (χ2v) is 4.04. The van der Waals surface area contributed by atoms with Gasteiger partial charge in [-0.15, -0.1) is 0 Å². The standard InChI is InChI=1S/C9H13NO4S/c1-3-10-8-4-5-9(7(2)6-8)14-15(11,12)13/h4-6,10H,3H2,1-2H3,(H,11,12,13). The second-order valence-electron chi connectivity index (χ2n) is 3.02. The SMILES string of the molecule is CCNc1ccc(OS(=O)(=O)O)c(C)c1. The molecule has 0 spiro atoms. The molecule has 0 atom stereocenters. The normalized spacial score (nSPS) is 11.1. The van der Waals surface area contributed by atoms with Crippen molar-refractivity contribution in [3.05, 3.63) is 23.8 Å². The molecule has 0 bridgehead atoms. The van der Waals surface area contributed by atoms with Crippen molar-refractivity contribution in [2.75, 3.05) is 11.9 Å². The maximum Gasteiger partial charge on any atom is 0.446 e. The van der Waals surface area contributed by atoms with Crippen LogP contribution in [0.1, 0.15) is 12.5 Å². The van der Waals surface area contributed by atoms with E-state index in [9.17, 15) is 8.42 Å². The van der Waals surface area contributed by atoms with Crippen LogP contribution >= 0.6 is 0 Å². The lowest BCUT2D eigenvalue weighted by Gasteiger charge is -2.08. The summed E-state index contributed by atoms with van der Waals surface area (Å²) in [5, 5.41) is 3.07. The Bertz CT molecular complexity index is 441. The molecule has 6 heteroatoms. The summed E-state index contributed by atoms with van der Waals surface area (Å²) >= 11 is 0. The highest BCUT2D eigenvalue weighted by molar-refractivity contribution is 7.81. The van der Waals surface area contributed by atoms with Gasteiger partial charge in [-0.05, 0) is 37.6 Å². The Morgan fingerprint density at radius 1 is 1.47 bits per heavy atom. The van der Waals surface area contributed by atoms with Crippen LogP contribution in [0.2, 0.25) is 0 Å². The van der Waals surface area contributed by atoms with Gasteiger partial charge in [-0.3, -0.25) is 4.55 Å². The van der Waals surface area contributed by atoms with Crippen LogP contribution in [0.5, 0.6) is 5.75 Å².